The van der Waals surface area contributed by atoms with Gasteiger partial charge >= 0.3 is 0 Å². The number of hydrogen-bond acceptors (Lipinski definition) is 3. The zero-order valence-electron chi connectivity index (χ0n) is 24.7. The van der Waals surface area contributed by atoms with E-state index in [1.54, 1.807) is 6.08 Å². The molecule has 0 bridgehead atoms. The van der Waals surface area contributed by atoms with Crippen LogP contribution < -0.4 is 15.4 Å². The third-order valence-electron chi connectivity index (χ3n) is 7.98. The van der Waals surface area contributed by atoms with Gasteiger partial charge < -0.3 is 15.4 Å². The Morgan fingerprint density at radius 2 is 1.34 bits per heavy atom. The monoisotopic (exact) mass is 526 g/mol. The minimum Gasteiger partial charge on any atom is -0.494 e. The Balaban J connectivity index is 1.57. The molecule has 5 heteroatoms. The second kappa shape index (κ2) is 18.1. The van der Waals surface area contributed by atoms with Crippen molar-refractivity contribution in [3.8, 4) is 5.75 Å². The fourth-order valence-electron chi connectivity index (χ4n) is 4.80. The van der Waals surface area contributed by atoms with Crippen LogP contribution in [0, 0.1) is 5.41 Å². The highest BCUT2D eigenvalue weighted by Crippen LogP contribution is 2.23. The lowest BCUT2D eigenvalue weighted by Crippen LogP contribution is -2.46. The number of benzene rings is 1. The molecule has 0 atom stereocenters. The summed E-state index contributed by atoms with van der Waals surface area (Å²) >= 11 is 0. The molecular formula is C33H54N2O3. The average molecular weight is 527 g/mol. The van der Waals surface area contributed by atoms with Gasteiger partial charge in [-0.3, -0.25) is 9.59 Å². The second-order valence-electron chi connectivity index (χ2n) is 11.7. The van der Waals surface area contributed by atoms with E-state index in [2.05, 4.69) is 17.6 Å². The Hall–Kier alpha value is -2.30. The van der Waals surface area contributed by atoms with Gasteiger partial charge in [-0.05, 0) is 62.3 Å². The molecule has 2 amide bonds. The number of hydrogen-bond donors (Lipinski definition) is 2. The van der Waals surface area contributed by atoms with E-state index in [1.807, 2.05) is 51.1 Å². The number of ether oxygens (including phenoxy) is 1. The van der Waals surface area contributed by atoms with E-state index in [0.29, 0.717) is 0 Å². The predicted octanol–water partition coefficient (Wildman–Crippen LogP) is 7.98. The summed E-state index contributed by atoms with van der Waals surface area (Å²) in [6.07, 6.45) is 21.1. The fourth-order valence-corrected chi connectivity index (χ4v) is 4.80. The summed E-state index contributed by atoms with van der Waals surface area (Å²) in [4.78, 5) is 24.8. The molecule has 1 aromatic carbocycles. The number of amides is 2. The van der Waals surface area contributed by atoms with E-state index in [-0.39, 0.29) is 29.3 Å². The van der Waals surface area contributed by atoms with E-state index < -0.39 is 0 Å². The first kappa shape index (κ1) is 31.9. The van der Waals surface area contributed by atoms with Gasteiger partial charge in [0.15, 0.2) is 0 Å². The smallest absolute Gasteiger partial charge is 0.244 e. The Morgan fingerprint density at radius 3 is 1.89 bits per heavy atom. The molecule has 214 valence electrons. The van der Waals surface area contributed by atoms with Gasteiger partial charge in [-0.1, -0.05) is 97.6 Å². The summed E-state index contributed by atoms with van der Waals surface area (Å²) in [5, 5.41) is 6.31. The van der Waals surface area contributed by atoms with Crippen molar-refractivity contribution in [2.75, 3.05) is 6.61 Å². The van der Waals surface area contributed by atoms with Crippen LogP contribution in [0.25, 0.3) is 6.08 Å². The van der Waals surface area contributed by atoms with E-state index in [1.165, 1.54) is 57.8 Å². The highest BCUT2D eigenvalue weighted by atomic mass is 16.5. The molecule has 0 unspecified atom stereocenters. The third-order valence-corrected chi connectivity index (χ3v) is 7.98. The highest BCUT2D eigenvalue weighted by molar-refractivity contribution is 5.91. The van der Waals surface area contributed by atoms with E-state index >= 15 is 0 Å². The van der Waals surface area contributed by atoms with Crippen molar-refractivity contribution in [1.29, 1.82) is 0 Å². The summed E-state index contributed by atoms with van der Waals surface area (Å²) in [6, 6.07) is 8.31. The molecule has 0 heterocycles. The molecule has 0 saturated heterocycles. The number of rotatable bonds is 18. The first-order chi connectivity index (χ1) is 18.3. The first-order valence-electron chi connectivity index (χ1n) is 15.4. The number of carbonyl (C=O) groups excluding carboxylic acids is 2. The van der Waals surface area contributed by atoms with Crippen LogP contribution in [-0.2, 0) is 9.59 Å². The third kappa shape index (κ3) is 13.0. The predicted molar refractivity (Wildman–Crippen MR) is 159 cm³/mol. The first-order valence-corrected chi connectivity index (χ1v) is 15.4. The number of carbonyl (C=O) groups is 2. The van der Waals surface area contributed by atoms with Gasteiger partial charge in [-0.15, -0.1) is 0 Å². The fraction of sp³-hybridized carbons (Fsp3) is 0.697. The molecular weight excluding hydrogens is 472 g/mol. The van der Waals surface area contributed by atoms with Crippen molar-refractivity contribution < 1.29 is 14.3 Å². The molecule has 0 aromatic heterocycles. The lowest BCUT2D eigenvalue weighted by Gasteiger charge is -2.32. The lowest BCUT2D eigenvalue weighted by atomic mass is 9.86. The topological polar surface area (TPSA) is 67.4 Å². The van der Waals surface area contributed by atoms with Gasteiger partial charge in [0.2, 0.25) is 11.8 Å². The molecule has 1 aliphatic carbocycles. The summed E-state index contributed by atoms with van der Waals surface area (Å²) in [7, 11) is 0. The maximum atomic E-state index is 12.4. The molecule has 0 spiro atoms. The maximum absolute atomic E-state index is 12.4. The zero-order valence-corrected chi connectivity index (χ0v) is 24.7. The van der Waals surface area contributed by atoms with Crippen LogP contribution in [0.2, 0.25) is 0 Å². The maximum Gasteiger partial charge on any atom is 0.244 e. The van der Waals surface area contributed by atoms with Crippen molar-refractivity contribution in [3.05, 3.63) is 35.9 Å². The van der Waals surface area contributed by atoms with Gasteiger partial charge in [0.05, 0.1) is 6.61 Å². The molecule has 5 nitrogen and oxygen atoms in total. The van der Waals surface area contributed by atoms with Crippen LogP contribution in [0.3, 0.4) is 0 Å². The Bertz CT molecular complexity index is 823. The molecule has 0 aliphatic heterocycles. The van der Waals surface area contributed by atoms with E-state index in [0.717, 1.165) is 56.4 Å². The lowest BCUT2D eigenvalue weighted by molar-refractivity contribution is -0.130. The Kier molecular flexibility index (Phi) is 15.2. The van der Waals surface area contributed by atoms with Crippen LogP contribution in [0.1, 0.15) is 130 Å². The second-order valence-corrected chi connectivity index (χ2v) is 11.7. The van der Waals surface area contributed by atoms with E-state index in [9.17, 15) is 9.59 Å². The normalized spacial score (nSPS) is 17.9. The van der Waals surface area contributed by atoms with Crippen molar-refractivity contribution in [2.24, 2.45) is 5.41 Å². The molecule has 38 heavy (non-hydrogen) atoms. The van der Waals surface area contributed by atoms with E-state index in [4.69, 9.17) is 4.74 Å². The van der Waals surface area contributed by atoms with Crippen molar-refractivity contribution in [2.45, 2.75) is 136 Å². The summed E-state index contributed by atoms with van der Waals surface area (Å²) in [5.41, 5.74) is 0.656. The van der Waals surface area contributed by atoms with Crippen LogP contribution in [0.4, 0.5) is 0 Å². The van der Waals surface area contributed by atoms with Gasteiger partial charge in [0.25, 0.3) is 0 Å². The van der Waals surface area contributed by atoms with Crippen molar-refractivity contribution in [1.82, 2.24) is 10.6 Å². The number of unbranched alkanes of at least 4 members (excludes halogenated alkanes) is 9. The largest absolute Gasteiger partial charge is 0.494 e. The van der Waals surface area contributed by atoms with Gasteiger partial charge in [0, 0.05) is 23.6 Å². The van der Waals surface area contributed by atoms with Crippen LogP contribution in [-0.4, -0.2) is 30.5 Å². The molecule has 2 rings (SSSR count). The number of nitrogens with one attached hydrogen (secondary N) is 2. The van der Waals surface area contributed by atoms with Crippen LogP contribution >= 0.6 is 0 Å². The zero-order chi connectivity index (χ0) is 27.6. The molecule has 1 aliphatic rings. The van der Waals surface area contributed by atoms with Crippen LogP contribution in [0.15, 0.2) is 30.3 Å². The van der Waals surface area contributed by atoms with Crippen molar-refractivity contribution in [3.63, 3.8) is 0 Å². The van der Waals surface area contributed by atoms with Gasteiger partial charge in [-0.25, -0.2) is 0 Å². The summed E-state index contributed by atoms with van der Waals surface area (Å²) < 4.78 is 5.89. The minimum atomic E-state index is -0.327. The molecule has 2 N–H and O–H groups in total. The molecule has 1 saturated carbocycles. The summed E-state index contributed by atoms with van der Waals surface area (Å²) in [6.45, 7) is 9.04. The molecule has 1 aromatic rings. The quantitative estimate of drug-likeness (QED) is 0.150. The van der Waals surface area contributed by atoms with Crippen LogP contribution in [0.5, 0.6) is 5.75 Å². The summed E-state index contributed by atoms with van der Waals surface area (Å²) in [5.74, 6) is 0.949. The Morgan fingerprint density at radius 1 is 0.816 bits per heavy atom. The highest BCUT2D eigenvalue weighted by Gasteiger charge is 2.29. The van der Waals surface area contributed by atoms with Gasteiger partial charge in [0.1, 0.15) is 5.75 Å². The van der Waals surface area contributed by atoms with Gasteiger partial charge in [-0.2, -0.15) is 0 Å². The van der Waals surface area contributed by atoms with Crippen molar-refractivity contribution >= 4 is 17.9 Å². The minimum absolute atomic E-state index is 0.0640. The Labute approximate surface area is 232 Å². The average Bonchev–Trinajstić information content (AvgIpc) is 2.92. The molecule has 1 fully saturated rings. The molecule has 0 radical (unpaired) electrons. The standard InChI is InChI=1S/C33H54N2O3/c1-5-7-8-9-10-11-12-13-14-15-26-38-30-23-16-27(17-24-30)18-25-31(36)34-28-19-21-29(22-20-28)35-32(37)33(3,4)6-2/h16-18,23-25,28-29H,5-15,19-22,26H2,1-4H3,(H,34,36)(H,35,37)/b25-18+. The SMILES string of the molecule is CCCCCCCCCCCCOc1ccc(/C=C/C(=O)NC2CCC(NC(=O)C(C)(C)CC)CC2)cc1.